The summed E-state index contributed by atoms with van der Waals surface area (Å²) >= 11 is 0. The number of benzene rings is 2. The molecular weight excluding hydrogens is 348 g/mol. The highest BCUT2D eigenvalue weighted by molar-refractivity contribution is 5.92. The molecule has 2 aromatic carbocycles. The zero-order valence-corrected chi connectivity index (χ0v) is 15.5. The van der Waals surface area contributed by atoms with Gasteiger partial charge in [0, 0.05) is 11.6 Å². The summed E-state index contributed by atoms with van der Waals surface area (Å²) < 4.78 is 4.99. The van der Waals surface area contributed by atoms with E-state index >= 15 is 0 Å². The molecule has 0 aliphatic heterocycles. The Morgan fingerprint density at radius 3 is 2.41 bits per heavy atom. The minimum atomic E-state index is -0.781. The Bertz CT molecular complexity index is 846. The molecule has 0 aliphatic rings. The molecule has 0 aromatic heterocycles. The summed E-state index contributed by atoms with van der Waals surface area (Å²) in [4.78, 5) is 34.6. The number of hydrogen-bond acceptors (Lipinski definition) is 5. The third-order valence-electron chi connectivity index (χ3n) is 4.20. The first-order valence-electron chi connectivity index (χ1n) is 8.60. The van der Waals surface area contributed by atoms with Crippen molar-refractivity contribution in [3.63, 3.8) is 0 Å². The fraction of sp³-hybridized carbons (Fsp3) is 0.300. The number of nitrogens with one attached hydrogen (secondary N) is 1. The number of nitro benzene ring substituents is 1. The lowest BCUT2D eigenvalue weighted by Crippen LogP contribution is -2.32. The Kier molecular flexibility index (Phi) is 6.65. The first kappa shape index (κ1) is 20.1. The number of rotatable bonds is 7. The molecule has 0 spiro atoms. The number of aryl methyl sites for hydroxylation is 2. The fourth-order valence-electron chi connectivity index (χ4n) is 2.60. The maximum Gasteiger partial charge on any atom is 0.338 e. The molecule has 0 bridgehead atoms. The van der Waals surface area contributed by atoms with Crippen LogP contribution >= 0.6 is 0 Å². The van der Waals surface area contributed by atoms with Gasteiger partial charge in [-0.15, -0.1) is 0 Å². The van der Waals surface area contributed by atoms with Crippen LogP contribution in [0.3, 0.4) is 0 Å². The van der Waals surface area contributed by atoms with Crippen LogP contribution in [0.2, 0.25) is 0 Å². The highest BCUT2D eigenvalue weighted by Crippen LogP contribution is 2.20. The summed E-state index contributed by atoms with van der Waals surface area (Å²) in [5.74, 6) is -1.21. The number of carbonyl (C=O) groups excluding carboxylic acids is 2. The Hall–Kier alpha value is -3.22. The van der Waals surface area contributed by atoms with Gasteiger partial charge in [0.05, 0.1) is 16.5 Å². The van der Waals surface area contributed by atoms with Gasteiger partial charge in [0.15, 0.2) is 6.61 Å². The average Bonchev–Trinajstić information content (AvgIpc) is 2.65. The number of ether oxygens (including phenoxy) is 1. The van der Waals surface area contributed by atoms with Crippen molar-refractivity contribution in [1.82, 2.24) is 5.32 Å². The van der Waals surface area contributed by atoms with Crippen molar-refractivity contribution >= 4 is 17.6 Å². The summed E-state index contributed by atoms with van der Waals surface area (Å²) in [5, 5.41) is 13.8. The Morgan fingerprint density at radius 1 is 1.15 bits per heavy atom. The number of hydrogen-bond donors (Lipinski definition) is 1. The van der Waals surface area contributed by atoms with E-state index in [0.717, 1.165) is 17.2 Å². The molecule has 7 heteroatoms. The molecule has 7 nitrogen and oxygen atoms in total. The van der Waals surface area contributed by atoms with Gasteiger partial charge in [0.25, 0.3) is 11.6 Å². The lowest BCUT2D eigenvalue weighted by Gasteiger charge is -2.17. The molecule has 1 amide bonds. The highest BCUT2D eigenvalue weighted by Gasteiger charge is 2.18. The number of esters is 1. The van der Waals surface area contributed by atoms with Crippen LogP contribution in [0, 0.1) is 24.0 Å². The van der Waals surface area contributed by atoms with Gasteiger partial charge in [0.1, 0.15) is 0 Å². The molecule has 0 aliphatic carbocycles. The van der Waals surface area contributed by atoms with Gasteiger partial charge < -0.3 is 10.1 Å². The van der Waals surface area contributed by atoms with Crippen LogP contribution in [0.15, 0.2) is 42.5 Å². The topological polar surface area (TPSA) is 98.5 Å². The van der Waals surface area contributed by atoms with Gasteiger partial charge in [-0.25, -0.2) is 4.79 Å². The fourth-order valence-corrected chi connectivity index (χ4v) is 2.60. The number of nitrogens with zero attached hydrogens (tertiary/aromatic N) is 1. The van der Waals surface area contributed by atoms with Gasteiger partial charge in [-0.05, 0) is 31.9 Å². The van der Waals surface area contributed by atoms with E-state index in [2.05, 4.69) is 5.32 Å². The Labute approximate surface area is 157 Å². The second kappa shape index (κ2) is 8.93. The Morgan fingerprint density at radius 2 is 1.81 bits per heavy atom. The van der Waals surface area contributed by atoms with E-state index < -0.39 is 23.4 Å². The second-order valence-electron chi connectivity index (χ2n) is 6.27. The van der Waals surface area contributed by atoms with E-state index in [1.807, 2.05) is 38.1 Å². The van der Waals surface area contributed by atoms with Crippen molar-refractivity contribution in [3.05, 3.63) is 74.8 Å². The summed E-state index contributed by atoms with van der Waals surface area (Å²) in [5.41, 5.74) is 2.40. The standard InChI is InChI=1S/C20H22N2O5/c1-4-17(15-8-5-13(2)6-9-15)21-19(23)12-27-20(24)16-10-7-14(3)18(11-16)22(25)26/h5-11,17H,4,12H2,1-3H3,(H,21,23)/t17-/m0/s1. The van der Waals surface area contributed by atoms with Crippen LogP contribution in [-0.2, 0) is 9.53 Å². The number of carbonyl (C=O) groups is 2. The molecular formula is C20H22N2O5. The lowest BCUT2D eigenvalue weighted by atomic mass is 10.0. The smallest absolute Gasteiger partial charge is 0.338 e. The zero-order chi connectivity index (χ0) is 20.0. The molecule has 2 aromatic rings. The van der Waals surface area contributed by atoms with Crippen LogP contribution < -0.4 is 5.32 Å². The van der Waals surface area contributed by atoms with E-state index in [1.165, 1.54) is 12.1 Å². The van der Waals surface area contributed by atoms with Crippen molar-refractivity contribution in [3.8, 4) is 0 Å². The number of amides is 1. The first-order valence-corrected chi connectivity index (χ1v) is 8.60. The molecule has 1 atom stereocenters. The maximum atomic E-state index is 12.1. The largest absolute Gasteiger partial charge is 0.452 e. The van der Waals surface area contributed by atoms with Crippen molar-refractivity contribution in [2.24, 2.45) is 0 Å². The van der Waals surface area contributed by atoms with E-state index in [9.17, 15) is 19.7 Å². The highest BCUT2D eigenvalue weighted by atomic mass is 16.6. The molecule has 0 saturated carbocycles. The van der Waals surface area contributed by atoms with Gasteiger partial charge >= 0.3 is 5.97 Å². The predicted octanol–water partition coefficient (Wildman–Crippen LogP) is 3.64. The van der Waals surface area contributed by atoms with Crippen molar-refractivity contribution in [2.75, 3.05) is 6.61 Å². The summed E-state index contributed by atoms with van der Waals surface area (Å²) in [6.07, 6.45) is 0.687. The van der Waals surface area contributed by atoms with E-state index in [-0.39, 0.29) is 17.3 Å². The molecule has 0 unspecified atom stereocenters. The van der Waals surface area contributed by atoms with Gasteiger partial charge in [0.2, 0.25) is 0 Å². The molecule has 1 N–H and O–H groups in total. The maximum absolute atomic E-state index is 12.1. The normalized spacial score (nSPS) is 11.5. The Balaban J connectivity index is 1.96. The van der Waals surface area contributed by atoms with Crippen molar-refractivity contribution < 1.29 is 19.2 Å². The average molecular weight is 370 g/mol. The third kappa shape index (κ3) is 5.37. The summed E-state index contributed by atoms with van der Waals surface area (Å²) in [6.45, 7) is 5.06. The van der Waals surface area contributed by atoms with Crippen LogP contribution in [0.25, 0.3) is 0 Å². The van der Waals surface area contributed by atoms with E-state index in [0.29, 0.717) is 12.0 Å². The van der Waals surface area contributed by atoms with Crippen LogP contribution in [0.5, 0.6) is 0 Å². The SMILES string of the molecule is CC[C@H](NC(=O)COC(=O)c1ccc(C)c([N+](=O)[O-])c1)c1ccc(C)cc1. The lowest BCUT2D eigenvalue weighted by molar-refractivity contribution is -0.385. The van der Waals surface area contributed by atoms with Crippen molar-refractivity contribution in [2.45, 2.75) is 33.2 Å². The third-order valence-corrected chi connectivity index (χ3v) is 4.20. The molecule has 0 saturated heterocycles. The van der Waals surface area contributed by atoms with Crippen LogP contribution in [-0.4, -0.2) is 23.4 Å². The molecule has 0 radical (unpaired) electrons. The monoisotopic (exact) mass is 370 g/mol. The van der Waals surface area contributed by atoms with Gasteiger partial charge in [-0.3, -0.25) is 14.9 Å². The van der Waals surface area contributed by atoms with Crippen LogP contribution in [0.4, 0.5) is 5.69 Å². The molecule has 2 rings (SSSR count). The zero-order valence-electron chi connectivity index (χ0n) is 15.5. The van der Waals surface area contributed by atoms with Crippen LogP contribution in [0.1, 0.15) is 46.4 Å². The van der Waals surface area contributed by atoms with Gasteiger partial charge in [-0.1, -0.05) is 42.8 Å². The predicted molar refractivity (Wildman–Crippen MR) is 100 cm³/mol. The molecule has 0 heterocycles. The van der Waals surface area contributed by atoms with E-state index in [4.69, 9.17) is 4.74 Å². The molecule has 0 fully saturated rings. The quantitative estimate of drug-likeness (QED) is 0.456. The van der Waals surface area contributed by atoms with E-state index in [1.54, 1.807) is 6.92 Å². The second-order valence-corrected chi connectivity index (χ2v) is 6.27. The minimum absolute atomic E-state index is 0.0330. The summed E-state index contributed by atoms with van der Waals surface area (Å²) in [6, 6.07) is 11.7. The molecule has 27 heavy (non-hydrogen) atoms. The first-order chi connectivity index (χ1) is 12.8. The number of nitro groups is 1. The molecule has 142 valence electrons. The van der Waals surface area contributed by atoms with Crippen molar-refractivity contribution in [1.29, 1.82) is 0 Å². The minimum Gasteiger partial charge on any atom is -0.452 e. The van der Waals surface area contributed by atoms with Gasteiger partial charge in [-0.2, -0.15) is 0 Å². The summed E-state index contributed by atoms with van der Waals surface area (Å²) in [7, 11) is 0.